The summed E-state index contributed by atoms with van der Waals surface area (Å²) in [6.45, 7) is 3.48. The summed E-state index contributed by atoms with van der Waals surface area (Å²) in [5, 5.41) is 0. The number of pyridine rings is 1. The number of methoxy groups -OCH3 is 1. The first-order valence-corrected chi connectivity index (χ1v) is 8.92. The second-order valence-corrected chi connectivity index (χ2v) is 6.54. The summed E-state index contributed by atoms with van der Waals surface area (Å²) in [6, 6.07) is 12.5. The van der Waals surface area contributed by atoms with E-state index in [0.717, 1.165) is 18.7 Å². The smallest absolute Gasteiger partial charge is 0.337 e. The highest BCUT2D eigenvalue weighted by Crippen LogP contribution is 2.18. The average molecular weight is 368 g/mol. The number of anilines is 1. The van der Waals surface area contributed by atoms with Crippen molar-refractivity contribution in [3.05, 3.63) is 59.8 Å². The van der Waals surface area contributed by atoms with Crippen LogP contribution in [0.3, 0.4) is 0 Å². The highest BCUT2D eigenvalue weighted by Gasteiger charge is 2.26. The third-order valence-corrected chi connectivity index (χ3v) is 4.65. The summed E-state index contributed by atoms with van der Waals surface area (Å²) in [7, 11) is 3.41. The fourth-order valence-corrected chi connectivity index (χ4v) is 2.98. The van der Waals surface area contributed by atoms with E-state index < -0.39 is 0 Å². The number of aromatic nitrogens is 1. The van der Waals surface area contributed by atoms with Crippen molar-refractivity contribution in [2.75, 3.05) is 45.2 Å². The number of carbonyl (C=O) groups is 2. The fraction of sp³-hybridized carbons (Fsp3) is 0.350. The van der Waals surface area contributed by atoms with Gasteiger partial charge in [0.2, 0.25) is 0 Å². The molecular formula is C20H24N4O3. The molecule has 1 fully saturated rings. The average Bonchev–Trinajstić information content (AvgIpc) is 2.72. The van der Waals surface area contributed by atoms with Gasteiger partial charge in [0.15, 0.2) is 0 Å². The molecule has 142 valence electrons. The number of carbonyl (C=O) groups excluding carboxylic acids is 2. The Kier molecular flexibility index (Phi) is 6.03. The molecule has 7 nitrogen and oxygen atoms in total. The van der Waals surface area contributed by atoms with Crippen LogP contribution >= 0.6 is 0 Å². The molecule has 0 radical (unpaired) electrons. The Bertz CT molecular complexity index is 772. The summed E-state index contributed by atoms with van der Waals surface area (Å²) >= 11 is 0. The van der Waals surface area contributed by atoms with Crippen LogP contribution in [0.5, 0.6) is 0 Å². The van der Waals surface area contributed by atoms with E-state index in [4.69, 9.17) is 4.74 Å². The van der Waals surface area contributed by atoms with Crippen molar-refractivity contribution in [3.8, 4) is 0 Å². The van der Waals surface area contributed by atoms with E-state index in [0.29, 0.717) is 31.0 Å². The number of piperazine rings is 1. The number of benzene rings is 1. The Balaban J connectivity index is 1.80. The van der Waals surface area contributed by atoms with Crippen LogP contribution in [0.25, 0.3) is 0 Å². The van der Waals surface area contributed by atoms with Gasteiger partial charge in [-0.2, -0.15) is 0 Å². The molecule has 3 rings (SSSR count). The molecular weight excluding hydrogens is 344 g/mol. The highest BCUT2D eigenvalue weighted by molar-refractivity contribution is 5.91. The molecule has 1 aliphatic heterocycles. The van der Waals surface area contributed by atoms with Gasteiger partial charge in [-0.1, -0.05) is 18.2 Å². The highest BCUT2D eigenvalue weighted by atomic mass is 16.5. The number of nitrogens with zero attached hydrogens (tertiary/aromatic N) is 4. The van der Waals surface area contributed by atoms with Crippen LogP contribution in [-0.4, -0.2) is 67.1 Å². The second-order valence-electron chi connectivity index (χ2n) is 6.54. The van der Waals surface area contributed by atoms with Crippen molar-refractivity contribution in [3.63, 3.8) is 0 Å². The van der Waals surface area contributed by atoms with Gasteiger partial charge in [-0.3, -0.25) is 4.90 Å². The van der Waals surface area contributed by atoms with Gasteiger partial charge in [-0.05, 0) is 36.9 Å². The molecule has 0 spiro atoms. The largest absolute Gasteiger partial charge is 0.465 e. The van der Waals surface area contributed by atoms with E-state index in [9.17, 15) is 9.59 Å². The first-order valence-electron chi connectivity index (χ1n) is 8.92. The fourth-order valence-electron chi connectivity index (χ4n) is 2.98. The summed E-state index contributed by atoms with van der Waals surface area (Å²) in [6.07, 6.45) is 1.68. The van der Waals surface area contributed by atoms with Crippen LogP contribution < -0.4 is 4.90 Å². The van der Waals surface area contributed by atoms with E-state index in [-0.39, 0.29) is 12.0 Å². The lowest BCUT2D eigenvalue weighted by Crippen LogP contribution is -2.52. The first-order chi connectivity index (χ1) is 13.1. The van der Waals surface area contributed by atoms with Crippen LogP contribution in [0, 0.1) is 0 Å². The van der Waals surface area contributed by atoms with Gasteiger partial charge in [-0.15, -0.1) is 0 Å². The minimum atomic E-state index is -0.378. The van der Waals surface area contributed by atoms with Crippen molar-refractivity contribution >= 4 is 17.8 Å². The normalized spacial score (nSPS) is 14.7. The van der Waals surface area contributed by atoms with Gasteiger partial charge < -0.3 is 14.5 Å². The van der Waals surface area contributed by atoms with Crippen LogP contribution in [-0.2, 0) is 11.3 Å². The minimum absolute atomic E-state index is 0.0566. The third-order valence-electron chi connectivity index (χ3n) is 4.65. The Hall–Kier alpha value is -2.93. The molecule has 0 aliphatic carbocycles. The molecule has 7 heteroatoms. The maximum Gasteiger partial charge on any atom is 0.337 e. The zero-order valence-electron chi connectivity index (χ0n) is 15.7. The molecule has 2 amide bonds. The maximum absolute atomic E-state index is 13.2. The number of hydrogen-bond donors (Lipinski definition) is 0. The monoisotopic (exact) mass is 368 g/mol. The zero-order chi connectivity index (χ0) is 19.2. The predicted octanol–water partition coefficient (Wildman–Crippen LogP) is 2.24. The summed E-state index contributed by atoms with van der Waals surface area (Å²) < 4.78 is 4.73. The molecule has 1 aromatic carbocycles. The molecule has 0 unspecified atom stereocenters. The van der Waals surface area contributed by atoms with Gasteiger partial charge in [0, 0.05) is 32.4 Å². The summed E-state index contributed by atoms with van der Waals surface area (Å²) in [5.74, 6) is 0.232. The molecule has 2 aromatic rings. The number of ether oxygens (including phenoxy) is 1. The lowest BCUT2D eigenvalue weighted by atomic mass is 10.1. The van der Waals surface area contributed by atoms with E-state index in [2.05, 4.69) is 16.9 Å². The van der Waals surface area contributed by atoms with E-state index in [1.54, 1.807) is 23.2 Å². The van der Waals surface area contributed by atoms with E-state index in [1.165, 1.54) is 7.11 Å². The molecule has 2 heterocycles. The second kappa shape index (κ2) is 8.64. The van der Waals surface area contributed by atoms with Crippen molar-refractivity contribution in [2.24, 2.45) is 0 Å². The predicted molar refractivity (Wildman–Crippen MR) is 103 cm³/mol. The number of urea groups is 1. The number of hydrogen-bond acceptors (Lipinski definition) is 5. The molecule has 1 saturated heterocycles. The van der Waals surface area contributed by atoms with Gasteiger partial charge in [0.05, 0.1) is 19.2 Å². The van der Waals surface area contributed by atoms with Crippen molar-refractivity contribution in [1.29, 1.82) is 0 Å². The number of esters is 1. The minimum Gasteiger partial charge on any atom is -0.465 e. The maximum atomic E-state index is 13.2. The van der Waals surface area contributed by atoms with Crippen molar-refractivity contribution in [1.82, 2.24) is 14.8 Å². The molecule has 27 heavy (non-hydrogen) atoms. The lowest BCUT2D eigenvalue weighted by Gasteiger charge is -2.35. The number of amides is 2. The van der Waals surface area contributed by atoms with Crippen LogP contribution in [0.15, 0.2) is 48.7 Å². The summed E-state index contributed by atoms with van der Waals surface area (Å²) in [5.41, 5.74) is 1.40. The van der Waals surface area contributed by atoms with Crippen LogP contribution in [0.1, 0.15) is 15.9 Å². The third kappa shape index (κ3) is 4.62. The molecule has 0 saturated carbocycles. The molecule has 1 aliphatic rings. The summed E-state index contributed by atoms with van der Waals surface area (Å²) in [4.78, 5) is 34.9. The van der Waals surface area contributed by atoms with Gasteiger partial charge in [-0.25, -0.2) is 14.6 Å². The number of likely N-dealkylation sites (N-methyl/N-ethyl adjacent to an activating group) is 1. The molecule has 0 N–H and O–H groups in total. The SMILES string of the molecule is COC(=O)c1ccc(CN(C(=O)N2CCN(C)CC2)c2ccccn2)cc1. The topological polar surface area (TPSA) is 66.0 Å². The molecule has 1 aromatic heterocycles. The quantitative estimate of drug-likeness (QED) is 0.775. The van der Waals surface area contributed by atoms with Crippen LogP contribution in [0.2, 0.25) is 0 Å². The van der Waals surface area contributed by atoms with Crippen LogP contribution in [0.4, 0.5) is 10.6 Å². The number of rotatable bonds is 4. The van der Waals surface area contributed by atoms with Gasteiger partial charge >= 0.3 is 12.0 Å². The van der Waals surface area contributed by atoms with E-state index >= 15 is 0 Å². The standard InChI is InChI=1S/C20H24N4O3/c1-22-11-13-23(14-12-22)20(26)24(18-5-3-4-10-21-18)15-16-6-8-17(9-7-16)19(25)27-2/h3-10H,11-15H2,1-2H3. The lowest BCUT2D eigenvalue weighted by molar-refractivity contribution is 0.0600. The first kappa shape index (κ1) is 18.8. The zero-order valence-corrected chi connectivity index (χ0v) is 15.7. The molecule has 0 bridgehead atoms. The molecule has 0 atom stereocenters. The van der Waals surface area contributed by atoms with Gasteiger partial charge in [0.25, 0.3) is 0 Å². The van der Waals surface area contributed by atoms with Crippen molar-refractivity contribution in [2.45, 2.75) is 6.54 Å². The Morgan fingerprint density at radius 1 is 1.07 bits per heavy atom. The Morgan fingerprint density at radius 3 is 2.37 bits per heavy atom. The van der Waals surface area contributed by atoms with Crippen molar-refractivity contribution < 1.29 is 14.3 Å². The Labute approximate surface area is 159 Å². The van der Waals surface area contributed by atoms with Gasteiger partial charge in [0.1, 0.15) is 5.82 Å². The Morgan fingerprint density at radius 2 is 1.78 bits per heavy atom. The van der Waals surface area contributed by atoms with E-state index in [1.807, 2.05) is 35.2 Å².